The van der Waals surface area contributed by atoms with Gasteiger partial charge in [-0.2, -0.15) is 0 Å². The molecule has 96 valence electrons. The normalized spacial score (nSPS) is 17.8. The topological polar surface area (TPSA) is 29.3 Å². The molecule has 0 aliphatic carbocycles. The molecule has 1 saturated heterocycles. The molecule has 0 radical (unpaired) electrons. The Hall–Kier alpha value is 0.01000. The molecule has 0 bridgehead atoms. The zero-order chi connectivity index (χ0) is 11.5. The molecule has 1 aliphatic rings. The molecule has 2 rings (SSSR count). The van der Waals surface area contributed by atoms with E-state index in [0.29, 0.717) is 16.1 Å². The molecule has 1 aromatic rings. The Bertz CT molecular complexity index is 363. The average molecular weight is 296 g/mol. The first-order valence-corrected chi connectivity index (χ1v) is 6.33. The molecule has 0 amide bonds. The lowest BCUT2D eigenvalue weighted by Crippen LogP contribution is -2.39. The van der Waals surface area contributed by atoms with Crippen molar-refractivity contribution >= 4 is 35.6 Å². The van der Waals surface area contributed by atoms with Crippen LogP contribution in [0.1, 0.15) is 18.4 Å². The molecule has 1 fully saturated rings. The van der Waals surface area contributed by atoms with Gasteiger partial charge in [0.2, 0.25) is 0 Å². The Kier molecular flexibility index (Phi) is 6.04. The third-order valence-corrected chi connectivity index (χ3v) is 3.92. The van der Waals surface area contributed by atoms with Crippen LogP contribution in [0.5, 0.6) is 0 Å². The molecule has 0 spiro atoms. The zero-order valence-electron chi connectivity index (χ0n) is 9.53. The maximum Gasteiger partial charge on any atom is 0.0637 e. The summed E-state index contributed by atoms with van der Waals surface area (Å²) in [5.74, 6) is 0. The maximum absolute atomic E-state index is 6.16. The van der Waals surface area contributed by atoms with Crippen LogP contribution in [0.4, 0.5) is 0 Å². The van der Waals surface area contributed by atoms with Crippen LogP contribution in [-0.2, 0) is 6.54 Å². The largest absolute Gasteiger partial charge is 0.328 e. The molecule has 17 heavy (non-hydrogen) atoms. The molecule has 2 N–H and O–H groups in total. The lowest BCUT2D eigenvalue weighted by Gasteiger charge is -2.30. The number of nitrogens with zero attached hydrogens (tertiary/aromatic N) is 1. The minimum absolute atomic E-state index is 0. The summed E-state index contributed by atoms with van der Waals surface area (Å²) in [4.78, 5) is 2.38. The summed E-state index contributed by atoms with van der Waals surface area (Å²) < 4.78 is 0. The number of benzene rings is 1. The van der Waals surface area contributed by atoms with Gasteiger partial charge in [-0.1, -0.05) is 35.3 Å². The molecular weight excluding hydrogens is 279 g/mol. The van der Waals surface area contributed by atoms with Crippen molar-refractivity contribution in [3.63, 3.8) is 0 Å². The highest BCUT2D eigenvalue weighted by molar-refractivity contribution is 6.42. The van der Waals surface area contributed by atoms with Crippen molar-refractivity contribution in [3.8, 4) is 0 Å². The standard InChI is InChI=1S/C12H16Cl2N2.ClH/c13-11-3-1-2-9(12(11)14)8-16-6-4-10(15)5-7-16;/h1-3,10H,4-8,15H2;1H. The summed E-state index contributed by atoms with van der Waals surface area (Å²) in [6.45, 7) is 2.96. The van der Waals surface area contributed by atoms with E-state index in [-0.39, 0.29) is 12.4 Å². The predicted molar refractivity (Wildman–Crippen MR) is 76.2 cm³/mol. The average Bonchev–Trinajstić information content (AvgIpc) is 2.28. The highest BCUT2D eigenvalue weighted by Gasteiger charge is 2.17. The first-order chi connectivity index (χ1) is 7.66. The van der Waals surface area contributed by atoms with Crippen molar-refractivity contribution in [1.29, 1.82) is 0 Å². The van der Waals surface area contributed by atoms with E-state index in [1.54, 1.807) is 0 Å². The quantitative estimate of drug-likeness (QED) is 0.907. The van der Waals surface area contributed by atoms with Crippen LogP contribution < -0.4 is 5.73 Å². The van der Waals surface area contributed by atoms with Crippen molar-refractivity contribution in [2.45, 2.75) is 25.4 Å². The summed E-state index contributed by atoms with van der Waals surface area (Å²) in [6, 6.07) is 6.16. The lowest BCUT2D eigenvalue weighted by atomic mass is 10.1. The molecule has 0 unspecified atom stereocenters. The van der Waals surface area contributed by atoms with Crippen molar-refractivity contribution in [1.82, 2.24) is 4.90 Å². The van der Waals surface area contributed by atoms with E-state index in [2.05, 4.69) is 4.90 Å². The summed E-state index contributed by atoms with van der Waals surface area (Å²) in [6.07, 6.45) is 2.14. The van der Waals surface area contributed by atoms with Crippen molar-refractivity contribution < 1.29 is 0 Å². The Balaban J connectivity index is 0.00000144. The van der Waals surface area contributed by atoms with Gasteiger partial charge in [-0.3, -0.25) is 4.90 Å². The molecule has 1 heterocycles. The van der Waals surface area contributed by atoms with Crippen molar-refractivity contribution in [2.24, 2.45) is 5.73 Å². The molecular formula is C12H17Cl3N2. The second kappa shape index (κ2) is 6.81. The van der Waals surface area contributed by atoms with Gasteiger partial charge in [0.1, 0.15) is 0 Å². The van der Waals surface area contributed by atoms with E-state index in [0.717, 1.165) is 38.0 Å². The number of halogens is 3. The van der Waals surface area contributed by atoms with Crippen LogP contribution in [0, 0.1) is 0 Å². The molecule has 0 aromatic heterocycles. The minimum Gasteiger partial charge on any atom is -0.328 e. The number of hydrogen-bond acceptors (Lipinski definition) is 2. The minimum atomic E-state index is 0. The van der Waals surface area contributed by atoms with E-state index in [1.165, 1.54) is 0 Å². The smallest absolute Gasteiger partial charge is 0.0637 e. The van der Waals surface area contributed by atoms with Gasteiger partial charge >= 0.3 is 0 Å². The number of piperidine rings is 1. The monoisotopic (exact) mass is 294 g/mol. The maximum atomic E-state index is 6.16. The van der Waals surface area contributed by atoms with Gasteiger partial charge < -0.3 is 5.73 Å². The number of hydrogen-bond donors (Lipinski definition) is 1. The number of nitrogens with two attached hydrogens (primary N) is 1. The van der Waals surface area contributed by atoms with Gasteiger partial charge in [-0.05, 0) is 37.6 Å². The fourth-order valence-electron chi connectivity index (χ4n) is 2.02. The van der Waals surface area contributed by atoms with Crippen LogP contribution in [0.3, 0.4) is 0 Å². The first kappa shape index (κ1) is 15.1. The van der Waals surface area contributed by atoms with Gasteiger partial charge in [0, 0.05) is 12.6 Å². The molecule has 1 aliphatic heterocycles. The molecule has 2 nitrogen and oxygen atoms in total. The van der Waals surface area contributed by atoms with Gasteiger partial charge in [0.25, 0.3) is 0 Å². The number of likely N-dealkylation sites (tertiary alicyclic amines) is 1. The van der Waals surface area contributed by atoms with Crippen LogP contribution in [-0.4, -0.2) is 24.0 Å². The Morgan fingerprint density at radius 1 is 1.24 bits per heavy atom. The third kappa shape index (κ3) is 4.01. The second-order valence-corrected chi connectivity index (χ2v) is 5.11. The molecule has 0 saturated carbocycles. The zero-order valence-corrected chi connectivity index (χ0v) is 11.9. The summed E-state index contributed by atoms with van der Waals surface area (Å²) in [7, 11) is 0. The first-order valence-electron chi connectivity index (χ1n) is 5.57. The fourth-order valence-corrected chi connectivity index (χ4v) is 2.40. The van der Waals surface area contributed by atoms with Crippen LogP contribution in [0.25, 0.3) is 0 Å². The predicted octanol–water partition coefficient (Wildman–Crippen LogP) is 3.34. The van der Waals surface area contributed by atoms with E-state index < -0.39 is 0 Å². The van der Waals surface area contributed by atoms with E-state index >= 15 is 0 Å². The SMILES string of the molecule is Cl.NC1CCN(Cc2cccc(Cl)c2Cl)CC1. The van der Waals surface area contributed by atoms with Gasteiger partial charge in [-0.25, -0.2) is 0 Å². The molecule has 5 heteroatoms. The van der Waals surface area contributed by atoms with Crippen LogP contribution >= 0.6 is 35.6 Å². The molecule has 0 atom stereocenters. The third-order valence-electron chi connectivity index (χ3n) is 3.06. The Morgan fingerprint density at radius 2 is 1.88 bits per heavy atom. The molecule has 1 aromatic carbocycles. The van der Waals surface area contributed by atoms with E-state index in [1.807, 2.05) is 18.2 Å². The van der Waals surface area contributed by atoms with Gasteiger partial charge in [-0.15, -0.1) is 12.4 Å². The van der Waals surface area contributed by atoms with Crippen molar-refractivity contribution in [2.75, 3.05) is 13.1 Å². The Labute approximate surface area is 118 Å². The van der Waals surface area contributed by atoms with Crippen LogP contribution in [0.15, 0.2) is 18.2 Å². The van der Waals surface area contributed by atoms with E-state index in [4.69, 9.17) is 28.9 Å². The second-order valence-electron chi connectivity index (χ2n) is 4.33. The number of rotatable bonds is 2. The summed E-state index contributed by atoms with van der Waals surface area (Å²) in [5, 5.41) is 1.31. The van der Waals surface area contributed by atoms with Gasteiger partial charge in [0.15, 0.2) is 0 Å². The summed E-state index contributed by atoms with van der Waals surface area (Å²) in [5.41, 5.74) is 6.97. The van der Waals surface area contributed by atoms with Crippen molar-refractivity contribution in [3.05, 3.63) is 33.8 Å². The van der Waals surface area contributed by atoms with Gasteiger partial charge in [0.05, 0.1) is 10.0 Å². The fraction of sp³-hybridized carbons (Fsp3) is 0.500. The summed E-state index contributed by atoms with van der Waals surface area (Å²) >= 11 is 12.1. The highest BCUT2D eigenvalue weighted by atomic mass is 35.5. The highest BCUT2D eigenvalue weighted by Crippen LogP contribution is 2.27. The lowest BCUT2D eigenvalue weighted by molar-refractivity contribution is 0.205. The van der Waals surface area contributed by atoms with Crippen LogP contribution in [0.2, 0.25) is 10.0 Å². The van der Waals surface area contributed by atoms with E-state index in [9.17, 15) is 0 Å². The Morgan fingerprint density at radius 3 is 2.53 bits per heavy atom.